The molecule has 0 saturated carbocycles. The Balaban J connectivity index is 1.26. The van der Waals surface area contributed by atoms with Gasteiger partial charge in [-0.15, -0.1) is 11.8 Å². The zero-order valence-electron chi connectivity index (χ0n) is 25.0. The highest BCUT2D eigenvalue weighted by Gasteiger charge is 2.18. The van der Waals surface area contributed by atoms with Gasteiger partial charge < -0.3 is 20.7 Å². The lowest BCUT2D eigenvalue weighted by atomic mass is 10.1. The normalized spacial score (nSPS) is 11.9. The standard InChI is InChI=1S/C35H32N4O4S2/c1-4-43-27-17-18-29-31(21-27)45-35(38-29)39-32(40)23(3)44-28-12-8-11-26(20-28)36-34(42)30(19-24-15-13-22(2)14-16-24)37-33(41)25-9-6-5-7-10-25/h5-21,23H,4H2,1-3H3,(H,36,42)(H,37,41)(H,38,39,40)/b30-19-. The summed E-state index contributed by atoms with van der Waals surface area (Å²) in [6.45, 7) is 6.29. The number of amides is 3. The van der Waals surface area contributed by atoms with Crippen molar-refractivity contribution in [2.24, 2.45) is 0 Å². The number of fused-ring (bicyclic) bond motifs is 1. The fraction of sp³-hybridized carbons (Fsp3) is 0.143. The number of thioether (sulfide) groups is 1. The molecule has 1 aromatic heterocycles. The lowest BCUT2D eigenvalue weighted by Gasteiger charge is -2.13. The van der Waals surface area contributed by atoms with Gasteiger partial charge in [-0.2, -0.15) is 0 Å². The highest BCUT2D eigenvalue weighted by Crippen LogP contribution is 2.31. The van der Waals surface area contributed by atoms with Crippen molar-refractivity contribution in [3.63, 3.8) is 0 Å². The molecule has 0 aliphatic carbocycles. The number of benzene rings is 4. The van der Waals surface area contributed by atoms with Crippen molar-refractivity contribution in [3.8, 4) is 5.75 Å². The first-order valence-corrected chi connectivity index (χ1v) is 16.0. The maximum atomic E-state index is 13.4. The Hall–Kier alpha value is -4.93. The van der Waals surface area contributed by atoms with Crippen LogP contribution in [0, 0.1) is 6.92 Å². The molecule has 4 aromatic carbocycles. The molecular weight excluding hydrogens is 605 g/mol. The summed E-state index contributed by atoms with van der Waals surface area (Å²) in [7, 11) is 0. The number of carbonyl (C=O) groups excluding carboxylic acids is 3. The molecule has 1 heterocycles. The fourth-order valence-corrected chi connectivity index (χ4v) is 6.12. The molecule has 1 atom stereocenters. The van der Waals surface area contributed by atoms with Gasteiger partial charge in [-0.1, -0.05) is 65.4 Å². The quantitative estimate of drug-likeness (QED) is 0.102. The highest BCUT2D eigenvalue weighted by atomic mass is 32.2. The molecule has 45 heavy (non-hydrogen) atoms. The van der Waals surface area contributed by atoms with Crippen molar-refractivity contribution in [2.45, 2.75) is 30.9 Å². The molecule has 0 radical (unpaired) electrons. The summed E-state index contributed by atoms with van der Waals surface area (Å²) in [5, 5.41) is 8.64. The van der Waals surface area contributed by atoms with Crippen LogP contribution in [0.2, 0.25) is 0 Å². The first kappa shape index (κ1) is 31.5. The number of nitrogens with one attached hydrogen (secondary N) is 3. The number of nitrogens with zero attached hydrogens (tertiary/aromatic N) is 1. The van der Waals surface area contributed by atoms with E-state index in [4.69, 9.17) is 4.74 Å². The van der Waals surface area contributed by atoms with Crippen molar-refractivity contribution in [1.82, 2.24) is 10.3 Å². The Bertz CT molecular complexity index is 1850. The average Bonchev–Trinajstić information content (AvgIpc) is 3.44. The summed E-state index contributed by atoms with van der Waals surface area (Å²) in [6.07, 6.45) is 1.64. The number of aryl methyl sites for hydroxylation is 1. The third-order valence-corrected chi connectivity index (χ3v) is 8.62. The zero-order valence-corrected chi connectivity index (χ0v) is 26.6. The van der Waals surface area contributed by atoms with E-state index in [1.807, 2.05) is 75.4 Å². The monoisotopic (exact) mass is 636 g/mol. The Morgan fingerprint density at radius 2 is 1.71 bits per heavy atom. The van der Waals surface area contributed by atoms with Gasteiger partial charge in [-0.25, -0.2) is 4.98 Å². The van der Waals surface area contributed by atoms with E-state index in [1.165, 1.54) is 23.1 Å². The predicted molar refractivity (Wildman–Crippen MR) is 183 cm³/mol. The fourth-order valence-electron chi connectivity index (χ4n) is 4.30. The molecule has 1 unspecified atom stereocenters. The molecule has 0 spiro atoms. The van der Waals surface area contributed by atoms with Crippen molar-refractivity contribution >= 4 is 67.9 Å². The smallest absolute Gasteiger partial charge is 0.272 e. The Morgan fingerprint density at radius 3 is 2.47 bits per heavy atom. The molecule has 5 rings (SSSR count). The largest absolute Gasteiger partial charge is 0.494 e. The first-order valence-electron chi connectivity index (χ1n) is 14.3. The van der Waals surface area contributed by atoms with Crippen LogP contribution in [-0.4, -0.2) is 34.6 Å². The van der Waals surface area contributed by atoms with E-state index in [1.54, 1.807) is 48.5 Å². The van der Waals surface area contributed by atoms with Crippen LogP contribution in [0.3, 0.4) is 0 Å². The maximum absolute atomic E-state index is 13.4. The summed E-state index contributed by atoms with van der Waals surface area (Å²) in [5.74, 6) is -0.295. The van der Waals surface area contributed by atoms with Crippen molar-refractivity contribution < 1.29 is 19.1 Å². The van der Waals surface area contributed by atoms with E-state index >= 15 is 0 Å². The summed E-state index contributed by atoms with van der Waals surface area (Å²) in [5.41, 5.74) is 3.71. The number of hydrogen-bond donors (Lipinski definition) is 3. The van der Waals surface area contributed by atoms with Crippen LogP contribution >= 0.6 is 23.1 Å². The summed E-state index contributed by atoms with van der Waals surface area (Å²) >= 11 is 2.75. The van der Waals surface area contributed by atoms with Gasteiger partial charge >= 0.3 is 0 Å². The molecule has 0 aliphatic rings. The van der Waals surface area contributed by atoms with E-state index in [9.17, 15) is 14.4 Å². The number of thiazole rings is 1. The number of anilines is 2. The van der Waals surface area contributed by atoms with Crippen LogP contribution in [0.15, 0.2) is 108 Å². The number of ether oxygens (including phenoxy) is 1. The summed E-state index contributed by atoms with van der Waals surface area (Å²) in [4.78, 5) is 44.7. The second kappa shape index (κ2) is 14.7. The van der Waals surface area contributed by atoms with Crippen LogP contribution in [0.5, 0.6) is 5.75 Å². The predicted octanol–water partition coefficient (Wildman–Crippen LogP) is 7.53. The van der Waals surface area contributed by atoms with Gasteiger partial charge in [-0.05, 0) is 80.9 Å². The van der Waals surface area contributed by atoms with E-state index in [0.29, 0.717) is 23.0 Å². The summed E-state index contributed by atoms with van der Waals surface area (Å²) in [6, 6.07) is 29.2. The van der Waals surface area contributed by atoms with Crippen LogP contribution in [0.4, 0.5) is 10.8 Å². The molecule has 0 saturated heterocycles. The lowest BCUT2D eigenvalue weighted by Crippen LogP contribution is -2.30. The van der Waals surface area contributed by atoms with Crippen molar-refractivity contribution in [3.05, 3.63) is 119 Å². The third kappa shape index (κ3) is 8.59. The molecule has 0 fully saturated rings. The minimum absolute atomic E-state index is 0.0997. The molecule has 10 heteroatoms. The minimum Gasteiger partial charge on any atom is -0.494 e. The Morgan fingerprint density at radius 1 is 0.933 bits per heavy atom. The zero-order chi connectivity index (χ0) is 31.8. The highest BCUT2D eigenvalue weighted by molar-refractivity contribution is 8.00. The molecule has 3 N–H and O–H groups in total. The topological polar surface area (TPSA) is 109 Å². The number of carbonyl (C=O) groups is 3. The van der Waals surface area contributed by atoms with Crippen molar-refractivity contribution in [1.29, 1.82) is 0 Å². The number of aromatic nitrogens is 1. The van der Waals surface area contributed by atoms with E-state index in [-0.39, 0.29) is 11.6 Å². The molecular formula is C35H32N4O4S2. The molecule has 228 valence electrons. The third-order valence-electron chi connectivity index (χ3n) is 6.59. The van der Waals surface area contributed by atoms with E-state index < -0.39 is 17.1 Å². The maximum Gasteiger partial charge on any atom is 0.272 e. The Kier molecular flexibility index (Phi) is 10.3. The average molecular weight is 637 g/mol. The lowest BCUT2D eigenvalue weighted by molar-refractivity contribution is -0.115. The van der Waals surface area contributed by atoms with E-state index in [0.717, 1.165) is 32.0 Å². The number of hydrogen-bond acceptors (Lipinski definition) is 7. The molecule has 5 aromatic rings. The van der Waals surface area contributed by atoms with Gasteiger partial charge in [0.05, 0.1) is 22.1 Å². The van der Waals surface area contributed by atoms with Gasteiger partial charge in [0.25, 0.3) is 11.8 Å². The van der Waals surface area contributed by atoms with Gasteiger partial charge in [0.1, 0.15) is 11.4 Å². The second-order valence-corrected chi connectivity index (χ2v) is 12.5. The minimum atomic E-state index is -0.476. The van der Waals surface area contributed by atoms with Crippen LogP contribution in [0.25, 0.3) is 16.3 Å². The van der Waals surface area contributed by atoms with Crippen LogP contribution in [-0.2, 0) is 9.59 Å². The molecule has 0 bridgehead atoms. The van der Waals surface area contributed by atoms with Crippen LogP contribution < -0.4 is 20.7 Å². The molecule has 8 nitrogen and oxygen atoms in total. The number of rotatable bonds is 11. The van der Waals surface area contributed by atoms with Gasteiger partial charge in [0, 0.05) is 16.1 Å². The van der Waals surface area contributed by atoms with Gasteiger partial charge in [-0.3, -0.25) is 14.4 Å². The van der Waals surface area contributed by atoms with Gasteiger partial charge in [0.15, 0.2) is 5.13 Å². The van der Waals surface area contributed by atoms with Crippen molar-refractivity contribution in [2.75, 3.05) is 17.2 Å². The van der Waals surface area contributed by atoms with Crippen LogP contribution in [0.1, 0.15) is 35.3 Å². The van der Waals surface area contributed by atoms with Gasteiger partial charge in [0.2, 0.25) is 5.91 Å². The first-order chi connectivity index (χ1) is 21.8. The molecule has 0 aliphatic heterocycles. The SMILES string of the molecule is CCOc1ccc2nc(NC(=O)C(C)Sc3cccc(NC(=O)/C(=C/c4ccc(C)cc4)NC(=O)c4ccccc4)c3)sc2c1. The molecule has 3 amide bonds. The van der Waals surface area contributed by atoms with E-state index in [2.05, 4.69) is 20.9 Å². The Labute approximate surface area is 269 Å². The second-order valence-electron chi connectivity index (χ2n) is 10.1. The summed E-state index contributed by atoms with van der Waals surface area (Å²) < 4.78 is 6.49.